The zero-order chi connectivity index (χ0) is 13.5. The van der Waals surface area contributed by atoms with Crippen LogP contribution in [0.2, 0.25) is 0 Å². The van der Waals surface area contributed by atoms with Gasteiger partial charge in [0.05, 0.1) is 6.61 Å². The number of hydrogen-bond acceptors (Lipinski definition) is 4. The van der Waals surface area contributed by atoms with Crippen molar-refractivity contribution in [1.29, 1.82) is 0 Å². The van der Waals surface area contributed by atoms with Gasteiger partial charge in [-0.15, -0.1) is 6.58 Å². The summed E-state index contributed by atoms with van der Waals surface area (Å²) in [5, 5.41) is 19.0. The molecule has 3 N–H and O–H groups in total. The van der Waals surface area contributed by atoms with E-state index in [0.717, 1.165) is 12.8 Å². The third-order valence-electron chi connectivity index (χ3n) is 2.11. The van der Waals surface area contributed by atoms with E-state index in [4.69, 9.17) is 14.9 Å². The predicted octanol–water partition coefficient (Wildman–Crippen LogP) is 1.11. The molecule has 0 aliphatic carbocycles. The lowest BCUT2D eigenvalue weighted by Crippen LogP contribution is -2.41. The molecular formula is C11H19NO5. The molecule has 0 aromatic heterocycles. The van der Waals surface area contributed by atoms with Crippen molar-refractivity contribution in [3.8, 4) is 0 Å². The quantitative estimate of drug-likeness (QED) is 0.461. The van der Waals surface area contributed by atoms with Gasteiger partial charge in [-0.2, -0.15) is 0 Å². The molecule has 98 valence electrons. The second-order valence-electron chi connectivity index (χ2n) is 4.45. The van der Waals surface area contributed by atoms with Crippen molar-refractivity contribution < 1.29 is 24.5 Å². The molecule has 0 aliphatic heterocycles. The smallest absolute Gasteiger partial charge is 0.409 e. The van der Waals surface area contributed by atoms with E-state index in [9.17, 15) is 9.59 Å². The topological polar surface area (TPSA) is 95.9 Å². The van der Waals surface area contributed by atoms with Crippen molar-refractivity contribution in [3.63, 3.8) is 0 Å². The van der Waals surface area contributed by atoms with Gasteiger partial charge in [0.25, 0.3) is 0 Å². The number of carboxylic acids is 1. The molecule has 1 atom stereocenters. The number of carboxylic acid groups (broad SMARTS) is 1. The van der Waals surface area contributed by atoms with Gasteiger partial charge in [-0.25, -0.2) is 9.59 Å². The standard InChI is InChI=1S/C11H19NO5/c1-4-5-6-11(2,3)7-17-10(16)12-8(13)9(14)15/h4,8,13H,1,5-7H2,2-3H3,(H,12,16)(H,14,15)/t8-/m0/s1. The Bertz CT molecular complexity index is 288. The molecule has 0 bridgehead atoms. The largest absolute Gasteiger partial charge is 0.478 e. The maximum Gasteiger partial charge on any atom is 0.409 e. The van der Waals surface area contributed by atoms with Gasteiger partial charge in [-0.3, -0.25) is 5.32 Å². The number of nitrogens with one attached hydrogen (secondary N) is 1. The van der Waals surface area contributed by atoms with Crippen LogP contribution in [0.4, 0.5) is 4.79 Å². The Morgan fingerprint density at radius 1 is 1.53 bits per heavy atom. The van der Waals surface area contributed by atoms with Crippen molar-refractivity contribution >= 4 is 12.1 Å². The fourth-order valence-corrected chi connectivity index (χ4v) is 1.04. The Morgan fingerprint density at radius 3 is 2.59 bits per heavy atom. The number of rotatable bonds is 7. The maximum atomic E-state index is 11.1. The monoisotopic (exact) mass is 245 g/mol. The third kappa shape index (κ3) is 7.35. The number of aliphatic carboxylic acids is 1. The average Bonchev–Trinajstić information content (AvgIpc) is 2.24. The Hall–Kier alpha value is -1.56. The van der Waals surface area contributed by atoms with Gasteiger partial charge in [0.15, 0.2) is 0 Å². The number of carbonyl (C=O) groups excluding carboxylic acids is 1. The molecule has 0 aliphatic rings. The number of alkyl carbamates (subject to hydrolysis) is 1. The van der Waals surface area contributed by atoms with E-state index in [1.165, 1.54) is 0 Å². The van der Waals surface area contributed by atoms with Crippen molar-refractivity contribution in [2.75, 3.05) is 6.61 Å². The molecule has 0 heterocycles. The summed E-state index contributed by atoms with van der Waals surface area (Å²) in [7, 11) is 0. The van der Waals surface area contributed by atoms with E-state index >= 15 is 0 Å². The molecule has 6 heteroatoms. The van der Waals surface area contributed by atoms with Crippen LogP contribution < -0.4 is 5.32 Å². The average molecular weight is 245 g/mol. The molecule has 0 fully saturated rings. The summed E-state index contributed by atoms with van der Waals surface area (Å²) in [5.74, 6) is -1.53. The Labute approximate surface area is 100 Å². The van der Waals surface area contributed by atoms with Crippen LogP contribution in [0.1, 0.15) is 26.7 Å². The number of aliphatic hydroxyl groups excluding tert-OH is 1. The van der Waals surface area contributed by atoms with E-state index in [0.29, 0.717) is 0 Å². The highest BCUT2D eigenvalue weighted by atomic mass is 16.6. The molecular weight excluding hydrogens is 226 g/mol. The highest BCUT2D eigenvalue weighted by Gasteiger charge is 2.21. The second kappa shape index (κ2) is 6.90. The number of amides is 1. The fourth-order valence-electron chi connectivity index (χ4n) is 1.04. The number of allylic oxidation sites excluding steroid dienone is 1. The molecule has 17 heavy (non-hydrogen) atoms. The number of ether oxygens (including phenoxy) is 1. The van der Waals surface area contributed by atoms with Crippen LogP contribution in [0.25, 0.3) is 0 Å². The summed E-state index contributed by atoms with van der Waals surface area (Å²) in [6.07, 6.45) is 0.474. The first-order valence-corrected chi connectivity index (χ1v) is 5.23. The first kappa shape index (κ1) is 15.4. The minimum absolute atomic E-state index is 0.138. The highest BCUT2D eigenvalue weighted by Crippen LogP contribution is 2.22. The van der Waals surface area contributed by atoms with Crippen LogP contribution in [0.15, 0.2) is 12.7 Å². The van der Waals surface area contributed by atoms with Gasteiger partial charge in [-0.1, -0.05) is 19.9 Å². The van der Waals surface area contributed by atoms with Crippen molar-refractivity contribution in [3.05, 3.63) is 12.7 Å². The number of aliphatic hydroxyl groups is 1. The molecule has 0 unspecified atom stereocenters. The summed E-state index contributed by atoms with van der Waals surface area (Å²) >= 11 is 0. The fraction of sp³-hybridized carbons (Fsp3) is 0.636. The summed E-state index contributed by atoms with van der Waals surface area (Å²) < 4.78 is 4.82. The summed E-state index contributed by atoms with van der Waals surface area (Å²) in [6, 6.07) is 0. The van der Waals surface area contributed by atoms with E-state index < -0.39 is 18.3 Å². The lowest BCUT2D eigenvalue weighted by molar-refractivity contribution is -0.148. The van der Waals surface area contributed by atoms with Gasteiger partial charge in [-0.05, 0) is 18.3 Å². The van der Waals surface area contributed by atoms with Gasteiger partial charge < -0.3 is 14.9 Å². The van der Waals surface area contributed by atoms with Crippen molar-refractivity contribution in [2.24, 2.45) is 5.41 Å². The van der Waals surface area contributed by atoms with Crippen molar-refractivity contribution in [2.45, 2.75) is 32.9 Å². The molecule has 0 spiro atoms. The Balaban J connectivity index is 3.98. The first-order chi connectivity index (χ1) is 7.78. The number of carbonyl (C=O) groups is 2. The molecule has 0 aromatic rings. The molecule has 1 amide bonds. The Morgan fingerprint density at radius 2 is 2.12 bits per heavy atom. The van der Waals surface area contributed by atoms with Gasteiger partial charge in [0.2, 0.25) is 6.23 Å². The van der Waals surface area contributed by atoms with Crippen LogP contribution in [-0.4, -0.2) is 35.1 Å². The summed E-state index contributed by atoms with van der Waals surface area (Å²) in [6.45, 7) is 7.57. The Kier molecular flexibility index (Phi) is 6.27. The molecule has 0 radical (unpaired) electrons. The van der Waals surface area contributed by atoms with Crippen LogP contribution in [-0.2, 0) is 9.53 Å². The molecule has 0 saturated carbocycles. The van der Waals surface area contributed by atoms with Gasteiger partial charge in [0, 0.05) is 0 Å². The third-order valence-corrected chi connectivity index (χ3v) is 2.11. The zero-order valence-corrected chi connectivity index (χ0v) is 10.1. The van der Waals surface area contributed by atoms with E-state index in [-0.39, 0.29) is 12.0 Å². The van der Waals surface area contributed by atoms with Crippen LogP contribution in [0.5, 0.6) is 0 Å². The predicted molar refractivity (Wildman–Crippen MR) is 61.3 cm³/mol. The molecule has 0 rings (SSSR count). The lowest BCUT2D eigenvalue weighted by atomic mass is 9.89. The summed E-state index contributed by atoms with van der Waals surface area (Å²) in [4.78, 5) is 21.3. The maximum absolute atomic E-state index is 11.1. The SMILES string of the molecule is C=CCCC(C)(C)COC(=O)N[C@@H](O)C(=O)O. The normalized spacial score (nSPS) is 12.6. The lowest BCUT2D eigenvalue weighted by Gasteiger charge is -2.23. The molecule has 6 nitrogen and oxygen atoms in total. The molecule has 0 aromatic carbocycles. The van der Waals surface area contributed by atoms with E-state index in [2.05, 4.69) is 6.58 Å². The minimum atomic E-state index is -1.95. The number of hydrogen-bond donors (Lipinski definition) is 3. The van der Waals surface area contributed by atoms with E-state index in [1.54, 1.807) is 11.4 Å². The van der Waals surface area contributed by atoms with Crippen LogP contribution in [0.3, 0.4) is 0 Å². The minimum Gasteiger partial charge on any atom is -0.478 e. The van der Waals surface area contributed by atoms with Gasteiger partial charge >= 0.3 is 12.1 Å². The van der Waals surface area contributed by atoms with Crippen LogP contribution >= 0.6 is 0 Å². The van der Waals surface area contributed by atoms with Crippen LogP contribution in [0, 0.1) is 5.41 Å². The highest BCUT2D eigenvalue weighted by molar-refractivity contribution is 5.78. The van der Waals surface area contributed by atoms with Crippen molar-refractivity contribution in [1.82, 2.24) is 5.32 Å². The summed E-state index contributed by atoms with van der Waals surface area (Å²) in [5.41, 5.74) is -0.223. The van der Waals surface area contributed by atoms with Gasteiger partial charge in [0.1, 0.15) is 0 Å². The molecule has 0 saturated heterocycles. The van der Waals surface area contributed by atoms with E-state index in [1.807, 2.05) is 13.8 Å². The first-order valence-electron chi connectivity index (χ1n) is 5.23. The second-order valence-corrected chi connectivity index (χ2v) is 4.45. The zero-order valence-electron chi connectivity index (χ0n) is 10.1.